The highest BCUT2D eigenvalue weighted by Crippen LogP contribution is 2.66. The molecule has 4 aliphatic carbocycles. The van der Waals surface area contributed by atoms with E-state index in [1.165, 1.54) is 25.7 Å². The van der Waals surface area contributed by atoms with Crippen molar-refractivity contribution in [1.82, 2.24) is 0 Å². The van der Waals surface area contributed by atoms with Gasteiger partial charge < -0.3 is 10.2 Å². The second-order valence-corrected chi connectivity index (χ2v) is 9.37. The zero-order valence-electron chi connectivity index (χ0n) is 14.3. The summed E-state index contributed by atoms with van der Waals surface area (Å²) in [5.74, 6) is 3.58. The second-order valence-electron chi connectivity index (χ2n) is 9.37. The molecule has 0 aliphatic heterocycles. The Morgan fingerprint density at radius 2 is 1.77 bits per heavy atom. The van der Waals surface area contributed by atoms with Gasteiger partial charge in [-0.2, -0.15) is 0 Å². The molecule has 0 spiro atoms. The minimum absolute atomic E-state index is 0.0834. The fraction of sp³-hybridized carbons (Fsp3) is 0.900. The van der Waals surface area contributed by atoms with Crippen LogP contribution in [-0.4, -0.2) is 22.4 Å². The summed E-state index contributed by atoms with van der Waals surface area (Å²) in [7, 11) is 0. The Morgan fingerprint density at radius 3 is 2.55 bits per heavy atom. The third kappa shape index (κ3) is 1.86. The van der Waals surface area contributed by atoms with Crippen LogP contribution in [0, 0.1) is 40.4 Å². The van der Waals surface area contributed by atoms with Crippen molar-refractivity contribution in [3.8, 4) is 0 Å². The minimum Gasteiger partial charge on any atom is -0.393 e. The fourth-order valence-corrected chi connectivity index (χ4v) is 7.15. The van der Waals surface area contributed by atoms with Crippen LogP contribution in [0.4, 0.5) is 0 Å². The van der Waals surface area contributed by atoms with Gasteiger partial charge in [-0.25, -0.2) is 0 Å². The van der Waals surface area contributed by atoms with Crippen molar-refractivity contribution in [2.75, 3.05) is 0 Å². The maximum atomic E-state index is 10.5. The van der Waals surface area contributed by atoms with Gasteiger partial charge in [0, 0.05) is 0 Å². The lowest BCUT2D eigenvalue weighted by molar-refractivity contribution is -0.122. The predicted molar refractivity (Wildman–Crippen MR) is 88.2 cm³/mol. The minimum atomic E-state index is -0.232. The van der Waals surface area contributed by atoms with Gasteiger partial charge in [0.05, 0.1) is 12.2 Å². The molecule has 2 nitrogen and oxygen atoms in total. The number of fused-ring (bicyclic) bond motifs is 5. The van der Waals surface area contributed by atoms with Crippen molar-refractivity contribution >= 4 is 0 Å². The topological polar surface area (TPSA) is 40.5 Å². The Hall–Kier alpha value is -0.340. The lowest BCUT2D eigenvalue weighted by atomic mass is 9.44. The lowest BCUT2D eigenvalue weighted by Gasteiger charge is -2.61. The molecule has 2 N–H and O–H groups in total. The zero-order chi connectivity index (χ0) is 15.7. The molecule has 22 heavy (non-hydrogen) atoms. The fourth-order valence-electron chi connectivity index (χ4n) is 7.15. The molecule has 4 rings (SSSR count). The standard InChI is InChI=1S/C20H32O2/c1-12-10-13-11-14(21)6-8-19(13,2)16-7-9-20(3)15(18(12)16)4-5-17(20)22/h6,8,12-18,21-22H,4-5,7,9-11H2,1-3H3/t12?,13?,14?,15-,16+,17?,18-,19-,20-/m0/s1. The molecule has 9 atom stereocenters. The Morgan fingerprint density at radius 1 is 1.00 bits per heavy atom. The third-order valence-corrected chi connectivity index (χ3v) is 8.48. The SMILES string of the molecule is CC1CC2CC(O)C=C[C@]2(C)[C@@H]2CC[C@]3(C)C(O)CC[C@H]3[C@H]12. The lowest BCUT2D eigenvalue weighted by Crippen LogP contribution is -2.55. The van der Waals surface area contributed by atoms with E-state index in [2.05, 4.69) is 32.9 Å². The van der Waals surface area contributed by atoms with Crippen molar-refractivity contribution in [2.24, 2.45) is 40.4 Å². The van der Waals surface area contributed by atoms with Crippen LogP contribution in [0.5, 0.6) is 0 Å². The molecule has 0 amide bonds. The van der Waals surface area contributed by atoms with E-state index in [-0.39, 0.29) is 23.0 Å². The number of hydrogen-bond donors (Lipinski definition) is 2. The van der Waals surface area contributed by atoms with E-state index >= 15 is 0 Å². The monoisotopic (exact) mass is 304 g/mol. The molecule has 0 radical (unpaired) electrons. The largest absolute Gasteiger partial charge is 0.393 e. The number of rotatable bonds is 0. The molecule has 0 heterocycles. The Bertz CT molecular complexity index is 486. The highest BCUT2D eigenvalue weighted by Gasteiger charge is 2.61. The molecule has 0 aromatic heterocycles. The Kier molecular flexibility index (Phi) is 3.34. The van der Waals surface area contributed by atoms with E-state index in [0.29, 0.717) is 11.8 Å². The smallest absolute Gasteiger partial charge is 0.0724 e. The van der Waals surface area contributed by atoms with Gasteiger partial charge in [0.1, 0.15) is 0 Å². The summed E-state index contributed by atoms with van der Waals surface area (Å²) in [5, 5.41) is 20.6. The molecule has 4 aliphatic rings. The number of aliphatic hydroxyl groups is 2. The quantitative estimate of drug-likeness (QED) is 0.669. The van der Waals surface area contributed by atoms with Crippen LogP contribution in [0.3, 0.4) is 0 Å². The number of aliphatic hydroxyl groups excluding tert-OH is 2. The van der Waals surface area contributed by atoms with Crippen LogP contribution in [0.25, 0.3) is 0 Å². The number of hydrogen-bond acceptors (Lipinski definition) is 2. The summed E-state index contributed by atoms with van der Waals surface area (Å²) in [6, 6.07) is 0. The van der Waals surface area contributed by atoms with Crippen LogP contribution >= 0.6 is 0 Å². The Balaban J connectivity index is 1.71. The molecule has 0 aromatic rings. The van der Waals surface area contributed by atoms with Crippen molar-refractivity contribution in [2.45, 2.75) is 71.5 Å². The average molecular weight is 304 g/mol. The highest BCUT2D eigenvalue weighted by atomic mass is 16.3. The van der Waals surface area contributed by atoms with Gasteiger partial charge in [-0.1, -0.05) is 32.9 Å². The predicted octanol–water partition coefficient (Wildman–Crippen LogP) is 3.77. The maximum absolute atomic E-state index is 10.5. The van der Waals surface area contributed by atoms with Gasteiger partial charge in [-0.05, 0) is 78.9 Å². The molecule has 2 heteroatoms. The van der Waals surface area contributed by atoms with E-state index in [4.69, 9.17) is 0 Å². The van der Waals surface area contributed by atoms with Gasteiger partial charge in [0.15, 0.2) is 0 Å². The molecular weight excluding hydrogens is 272 g/mol. The zero-order valence-corrected chi connectivity index (χ0v) is 14.3. The third-order valence-electron chi connectivity index (χ3n) is 8.48. The van der Waals surface area contributed by atoms with Crippen molar-refractivity contribution in [1.29, 1.82) is 0 Å². The van der Waals surface area contributed by atoms with E-state index in [1.807, 2.05) is 0 Å². The summed E-state index contributed by atoms with van der Waals surface area (Å²) in [5.41, 5.74) is 0.432. The summed E-state index contributed by atoms with van der Waals surface area (Å²) >= 11 is 0. The van der Waals surface area contributed by atoms with Gasteiger partial charge in [-0.3, -0.25) is 0 Å². The second kappa shape index (κ2) is 4.83. The normalized spacial score (nSPS) is 60.5. The van der Waals surface area contributed by atoms with Crippen LogP contribution < -0.4 is 0 Å². The van der Waals surface area contributed by atoms with Gasteiger partial charge >= 0.3 is 0 Å². The first-order valence-electron chi connectivity index (χ1n) is 9.42. The first-order chi connectivity index (χ1) is 10.4. The van der Waals surface area contributed by atoms with Gasteiger partial charge in [0.25, 0.3) is 0 Å². The maximum Gasteiger partial charge on any atom is 0.0724 e. The molecule has 0 saturated heterocycles. The van der Waals surface area contributed by atoms with E-state index in [0.717, 1.165) is 30.6 Å². The van der Waals surface area contributed by atoms with Crippen molar-refractivity contribution < 1.29 is 10.2 Å². The van der Waals surface area contributed by atoms with Crippen LogP contribution in [0.2, 0.25) is 0 Å². The molecule has 3 saturated carbocycles. The van der Waals surface area contributed by atoms with Crippen LogP contribution in [0.15, 0.2) is 12.2 Å². The first-order valence-corrected chi connectivity index (χ1v) is 9.42. The molecule has 0 aromatic carbocycles. The van der Waals surface area contributed by atoms with Crippen LogP contribution in [0.1, 0.15) is 59.3 Å². The first kappa shape index (κ1) is 15.2. The van der Waals surface area contributed by atoms with E-state index < -0.39 is 0 Å². The highest BCUT2D eigenvalue weighted by molar-refractivity contribution is 5.18. The Labute approximate surface area is 135 Å². The van der Waals surface area contributed by atoms with Crippen molar-refractivity contribution in [3.05, 3.63) is 12.2 Å². The summed E-state index contributed by atoms with van der Waals surface area (Å²) < 4.78 is 0. The summed E-state index contributed by atoms with van der Waals surface area (Å²) in [6.07, 6.45) is 11.0. The van der Waals surface area contributed by atoms with E-state index in [9.17, 15) is 10.2 Å². The van der Waals surface area contributed by atoms with E-state index in [1.54, 1.807) is 0 Å². The average Bonchev–Trinajstić information content (AvgIpc) is 2.77. The van der Waals surface area contributed by atoms with Gasteiger partial charge in [0.2, 0.25) is 0 Å². The summed E-state index contributed by atoms with van der Waals surface area (Å²) in [6.45, 7) is 7.25. The molecule has 3 fully saturated rings. The molecular formula is C20H32O2. The molecule has 4 unspecified atom stereocenters. The molecule has 0 bridgehead atoms. The van der Waals surface area contributed by atoms with Crippen LogP contribution in [-0.2, 0) is 0 Å². The molecule has 124 valence electrons. The summed E-state index contributed by atoms with van der Waals surface area (Å²) in [4.78, 5) is 0. The number of allylic oxidation sites excluding steroid dienone is 1. The van der Waals surface area contributed by atoms with Gasteiger partial charge in [-0.15, -0.1) is 0 Å². The van der Waals surface area contributed by atoms with Crippen molar-refractivity contribution in [3.63, 3.8) is 0 Å².